The molecule has 9 aromatic rings. The highest BCUT2D eigenvalue weighted by atomic mass is 32.1. The van der Waals surface area contributed by atoms with Gasteiger partial charge < -0.3 is 14.0 Å². The number of Topliss-reactive ketones (excluding diaryl/α,β-unsaturated/α-hetero) is 1. The molecular formula is C54H46N6O4S. The number of ketones is 1. The van der Waals surface area contributed by atoms with Gasteiger partial charge in [0.05, 0.1) is 28.6 Å². The molecule has 0 spiro atoms. The predicted octanol–water partition coefficient (Wildman–Crippen LogP) is 12.0. The van der Waals surface area contributed by atoms with Gasteiger partial charge in [0, 0.05) is 27.6 Å². The van der Waals surface area contributed by atoms with Gasteiger partial charge in [0.2, 0.25) is 5.82 Å². The Balaban J connectivity index is 0.983. The number of hydrogen-bond donors (Lipinski definition) is 0. The number of carbonyl (C=O) groups excluding carboxylic acids is 2. The number of thiophene rings is 1. The molecule has 322 valence electrons. The lowest BCUT2D eigenvalue weighted by Crippen LogP contribution is -2.39. The van der Waals surface area contributed by atoms with Crippen molar-refractivity contribution < 1.29 is 19.1 Å². The standard InChI is InChI=1S/C54H46N6O4S/c1-36(61)49-31-32-50(65-49)38-25-29-46(53(62)63-2)40(33-38)35-64-45-27-23-37(24-28-45)52-55-47-34-39(26-30-48(47)59(52)44-21-13-6-14-22-44)51-56-58-60(57-51)54(41-15-7-3-8-16-41,42-17-9-4-10-18-42)43-19-11-5-12-20-43/h3-5,7-12,15-20,23-34,44H,6,13-14,21-22,35H2,1-2H3. The summed E-state index contributed by atoms with van der Waals surface area (Å²) in [6, 6.07) is 55.0. The minimum Gasteiger partial charge on any atom is -0.489 e. The number of benzene rings is 6. The van der Waals surface area contributed by atoms with Crippen LogP contribution in [0.15, 0.2) is 164 Å². The molecule has 0 unspecified atom stereocenters. The highest BCUT2D eigenvalue weighted by molar-refractivity contribution is 7.17. The average Bonchev–Trinajstić information content (AvgIpc) is 4.15. The van der Waals surface area contributed by atoms with Crippen molar-refractivity contribution in [1.82, 2.24) is 29.8 Å². The molecule has 0 bridgehead atoms. The molecule has 65 heavy (non-hydrogen) atoms. The molecule has 0 aliphatic heterocycles. The van der Waals surface area contributed by atoms with Gasteiger partial charge in [-0.15, -0.1) is 26.3 Å². The molecule has 0 amide bonds. The minimum atomic E-state index is -0.885. The van der Waals surface area contributed by atoms with Crippen LogP contribution < -0.4 is 4.74 Å². The molecule has 10 rings (SSSR count). The lowest BCUT2D eigenvalue weighted by atomic mass is 9.77. The summed E-state index contributed by atoms with van der Waals surface area (Å²) in [6.07, 6.45) is 5.75. The van der Waals surface area contributed by atoms with E-state index in [1.165, 1.54) is 37.7 Å². The first-order chi connectivity index (χ1) is 31.9. The Bertz CT molecular complexity index is 3020. The SMILES string of the molecule is COC(=O)c1ccc(-c2ccc(C(C)=O)s2)cc1COc1ccc(-c2nc3cc(-c4nnn(C(c5ccccc5)(c5ccccc5)c5ccccc5)n4)ccc3n2C2CCCCC2)cc1. The molecule has 1 aliphatic rings. The zero-order valence-corrected chi connectivity index (χ0v) is 36.9. The minimum absolute atomic E-state index is 0.0192. The zero-order valence-electron chi connectivity index (χ0n) is 36.1. The maximum absolute atomic E-state index is 12.8. The van der Waals surface area contributed by atoms with Crippen LogP contribution in [-0.4, -0.2) is 48.6 Å². The lowest BCUT2D eigenvalue weighted by molar-refractivity contribution is 0.0597. The molecule has 1 saturated carbocycles. The average molecular weight is 875 g/mol. The van der Waals surface area contributed by atoms with Crippen molar-refractivity contribution in [2.24, 2.45) is 0 Å². The fraction of sp³-hybridized carbons (Fsp3) is 0.185. The van der Waals surface area contributed by atoms with Crippen LogP contribution >= 0.6 is 11.3 Å². The molecule has 0 radical (unpaired) electrons. The van der Waals surface area contributed by atoms with Gasteiger partial charge in [-0.05, 0) is 114 Å². The van der Waals surface area contributed by atoms with Crippen molar-refractivity contribution in [2.45, 2.75) is 57.2 Å². The quantitative estimate of drug-likeness (QED) is 0.0639. The molecule has 0 N–H and O–H groups in total. The molecule has 1 aliphatic carbocycles. The largest absolute Gasteiger partial charge is 0.489 e. The number of hydrogen-bond acceptors (Lipinski definition) is 9. The van der Waals surface area contributed by atoms with Gasteiger partial charge in [-0.25, -0.2) is 9.78 Å². The number of imidazole rings is 1. The fourth-order valence-electron chi connectivity index (χ4n) is 9.23. The summed E-state index contributed by atoms with van der Waals surface area (Å²) in [5, 5.41) is 14.7. The smallest absolute Gasteiger partial charge is 0.338 e. The summed E-state index contributed by atoms with van der Waals surface area (Å²) in [5.74, 6) is 1.63. The van der Waals surface area contributed by atoms with Crippen molar-refractivity contribution in [3.05, 3.63) is 196 Å². The monoisotopic (exact) mass is 874 g/mol. The Hall–Kier alpha value is -7.50. The van der Waals surface area contributed by atoms with Crippen molar-refractivity contribution >= 4 is 34.1 Å². The van der Waals surface area contributed by atoms with Gasteiger partial charge in [0.25, 0.3) is 0 Å². The molecule has 3 heterocycles. The fourth-order valence-corrected chi connectivity index (χ4v) is 10.1. The Labute approximate surface area is 381 Å². The summed E-state index contributed by atoms with van der Waals surface area (Å²) in [5.41, 5.74) is 7.89. The Kier molecular flexibility index (Phi) is 11.5. The molecule has 0 atom stereocenters. The van der Waals surface area contributed by atoms with Gasteiger partial charge in [-0.2, -0.15) is 0 Å². The van der Waals surface area contributed by atoms with Crippen LogP contribution in [0.1, 0.15) is 87.4 Å². The highest BCUT2D eigenvalue weighted by Gasteiger charge is 2.41. The van der Waals surface area contributed by atoms with Crippen LogP contribution in [0.4, 0.5) is 0 Å². The summed E-state index contributed by atoms with van der Waals surface area (Å²) < 4.78 is 13.8. The van der Waals surface area contributed by atoms with Gasteiger partial charge >= 0.3 is 5.97 Å². The van der Waals surface area contributed by atoms with E-state index >= 15 is 0 Å². The highest BCUT2D eigenvalue weighted by Crippen LogP contribution is 2.41. The first kappa shape index (κ1) is 41.5. The number of tetrazole rings is 1. The van der Waals surface area contributed by atoms with Gasteiger partial charge in [0.1, 0.15) is 18.2 Å². The van der Waals surface area contributed by atoms with E-state index in [1.807, 2.05) is 103 Å². The van der Waals surface area contributed by atoms with Crippen molar-refractivity contribution in [3.8, 4) is 39.0 Å². The van der Waals surface area contributed by atoms with E-state index in [0.29, 0.717) is 33.6 Å². The number of methoxy groups -OCH3 is 1. The molecule has 10 nitrogen and oxygen atoms in total. The van der Waals surface area contributed by atoms with Crippen LogP contribution in [0, 0.1) is 0 Å². The van der Waals surface area contributed by atoms with Crippen LogP contribution in [0.25, 0.3) is 44.2 Å². The Morgan fingerprint density at radius 1 is 0.708 bits per heavy atom. The van der Waals surface area contributed by atoms with Crippen molar-refractivity contribution in [1.29, 1.82) is 0 Å². The molecule has 6 aromatic carbocycles. The topological polar surface area (TPSA) is 114 Å². The summed E-state index contributed by atoms with van der Waals surface area (Å²) in [6.45, 7) is 1.71. The first-order valence-electron chi connectivity index (χ1n) is 22.0. The maximum atomic E-state index is 12.8. The Morgan fingerprint density at radius 3 is 1.95 bits per heavy atom. The maximum Gasteiger partial charge on any atom is 0.338 e. The van der Waals surface area contributed by atoms with Gasteiger partial charge in [-0.3, -0.25) is 4.79 Å². The molecule has 3 aromatic heterocycles. The number of rotatable bonds is 13. The normalized spacial score (nSPS) is 13.2. The number of carbonyl (C=O) groups is 2. The first-order valence-corrected chi connectivity index (χ1v) is 22.8. The Morgan fingerprint density at radius 2 is 1.34 bits per heavy atom. The van der Waals surface area contributed by atoms with E-state index in [-0.39, 0.29) is 12.4 Å². The van der Waals surface area contributed by atoms with E-state index in [2.05, 4.69) is 59.2 Å². The lowest BCUT2D eigenvalue weighted by Gasteiger charge is -2.34. The van der Waals surface area contributed by atoms with E-state index in [9.17, 15) is 9.59 Å². The third-order valence-electron chi connectivity index (χ3n) is 12.4. The van der Waals surface area contributed by atoms with Crippen molar-refractivity contribution in [3.63, 3.8) is 0 Å². The second-order valence-corrected chi connectivity index (χ2v) is 17.5. The number of esters is 1. The van der Waals surface area contributed by atoms with Gasteiger partial charge in [-0.1, -0.05) is 116 Å². The molecule has 11 heteroatoms. The third-order valence-corrected chi connectivity index (χ3v) is 13.7. The second kappa shape index (κ2) is 17.9. The second-order valence-electron chi connectivity index (χ2n) is 16.4. The zero-order chi connectivity index (χ0) is 44.3. The number of fused-ring (bicyclic) bond motifs is 1. The van der Waals surface area contributed by atoms with E-state index < -0.39 is 11.5 Å². The summed E-state index contributed by atoms with van der Waals surface area (Å²) in [7, 11) is 1.37. The van der Waals surface area contributed by atoms with Crippen LogP contribution in [0.2, 0.25) is 0 Å². The van der Waals surface area contributed by atoms with E-state index in [4.69, 9.17) is 29.9 Å². The van der Waals surface area contributed by atoms with Crippen LogP contribution in [-0.2, 0) is 16.9 Å². The van der Waals surface area contributed by atoms with E-state index in [1.54, 1.807) is 17.8 Å². The van der Waals surface area contributed by atoms with Crippen LogP contribution in [0.3, 0.4) is 0 Å². The van der Waals surface area contributed by atoms with Gasteiger partial charge in [0.15, 0.2) is 11.3 Å². The molecular weight excluding hydrogens is 829 g/mol. The summed E-state index contributed by atoms with van der Waals surface area (Å²) in [4.78, 5) is 33.5. The summed E-state index contributed by atoms with van der Waals surface area (Å²) >= 11 is 1.42. The predicted molar refractivity (Wildman–Crippen MR) is 254 cm³/mol. The van der Waals surface area contributed by atoms with Crippen molar-refractivity contribution in [2.75, 3.05) is 7.11 Å². The van der Waals surface area contributed by atoms with Crippen LogP contribution in [0.5, 0.6) is 5.75 Å². The third kappa shape index (κ3) is 7.93. The number of nitrogens with zero attached hydrogens (tertiary/aromatic N) is 6. The van der Waals surface area contributed by atoms with E-state index in [0.717, 1.165) is 68.0 Å². The number of ether oxygens (including phenoxy) is 2. The molecule has 0 saturated heterocycles. The number of aromatic nitrogens is 6. The molecule has 1 fully saturated rings.